The molecule has 3 nitrogen and oxygen atoms in total. The van der Waals surface area contributed by atoms with Crippen molar-refractivity contribution in [3.05, 3.63) is 29.1 Å². The zero-order valence-electron chi connectivity index (χ0n) is 8.32. The minimum absolute atomic E-state index is 0. The third kappa shape index (κ3) is 4.24. The third-order valence-electron chi connectivity index (χ3n) is 1.74. The number of nitrogens with two attached hydrogens (primary N) is 1. The second-order valence-corrected chi connectivity index (χ2v) is 2.73. The molecular weight excluding hydrogens is 223 g/mol. The number of hydrogen-bond donors (Lipinski definition) is 1. The van der Waals surface area contributed by atoms with Gasteiger partial charge in [0.05, 0.1) is 6.61 Å². The first-order valence-corrected chi connectivity index (χ1v) is 3.91. The average Bonchev–Trinajstić information content (AvgIpc) is 2.05. The minimum Gasteiger partial charge on any atom is -0.380 e. The Labute approximate surface area is 96.9 Å². The summed E-state index contributed by atoms with van der Waals surface area (Å²) >= 11 is 0. The second-order valence-electron chi connectivity index (χ2n) is 2.73. The molecule has 5 heteroatoms. The van der Waals surface area contributed by atoms with Crippen LogP contribution >= 0.6 is 24.8 Å². The maximum absolute atomic E-state index is 5.54. The van der Waals surface area contributed by atoms with Gasteiger partial charge in [0.25, 0.3) is 0 Å². The highest BCUT2D eigenvalue weighted by molar-refractivity contribution is 5.85. The van der Waals surface area contributed by atoms with Gasteiger partial charge in [-0.1, -0.05) is 0 Å². The predicted molar refractivity (Wildman–Crippen MR) is 62.1 cm³/mol. The maximum atomic E-state index is 5.54. The van der Waals surface area contributed by atoms with E-state index in [0.29, 0.717) is 13.2 Å². The van der Waals surface area contributed by atoms with Crippen molar-refractivity contribution in [3.8, 4) is 0 Å². The third-order valence-corrected chi connectivity index (χ3v) is 1.74. The zero-order chi connectivity index (χ0) is 8.97. The minimum atomic E-state index is 0. The van der Waals surface area contributed by atoms with E-state index in [1.54, 1.807) is 7.11 Å². The summed E-state index contributed by atoms with van der Waals surface area (Å²) < 4.78 is 5.04. The van der Waals surface area contributed by atoms with Crippen LogP contribution in [-0.2, 0) is 17.9 Å². The van der Waals surface area contributed by atoms with E-state index in [0.717, 1.165) is 16.8 Å². The Kier molecular flexibility index (Phi) is 9.20. The molecule has 1 rings (SSSR count). The molecule has 0 spiro atoms. The molecule has 14 heavy (non-hydrogen) atoms. The summed E-state index contributed by atoms with van der Waals surface area (Å²) in [6.07, 6.45) is 1.81. The highest BCUT2D eigenvalue weighted by Crippen LogP contribution is 2.09. The number of aromatic nitrogens is 1. The van der Waals surface area contributed by atoms with Gasteiger partial charge in [-0.05, 0) is 24.1 Å². The van der Waals surface area contributed by atoms with Crippen molar-refractivity contribution < 1.29 is 4.74 Å². The van der Waals surface area contributed by atoms with Crippen molar-refractivity contribution in [2.24, 2.45) is 5.73 Å². The molecule has 0 bridgehead atoms. The van der Waals surface area contributed by atoms with Crippen molar-refractivity contribution in [2.75, 3.05) is 7.11 Å². The van der Waals surface area contributed by atoms with Gasteiger partial charge in [0.15, 0.2) is 0 Å². The molecule has 0 saturated carbocycles. The van der Waals surface area contributed by atoms with Gasteiger partial charge in [0, 0.05) is 25.5 Å². The number of pyridine rings is 1. The van der Waals surface area contributed by atoms with E-state index < -0.39 is 0 Å². The van der Waals surface area contributed by atoms with Crippen molar-refractivity contribution >= 4 is 24.8 Å². The molecule has 0 saturated heterocycles. The molecule has 82 valence electrons. The predicted octanol–water partition coefficient (Wildman–Crippen LogP) is 1.84. The molecule has 1 aromatic heterocycles. The summed E-state index contributed by atoms with van der Waals surface area (Å²) in [6, 6.07) is 2.01. The van der Waals surface area contributed by atoms with Crippen LogP contribution in [0.2, 0.25) is 0 Å². The molecule has 0 atom stereocenters. The molecule has 1 aromatic rings. The quantitative estimate of drug-likeness (QED) is 0.875. The van der Waals surface area contributed by atoms with Crippen LogP contribution in [0.4, 0.5) is 0 Å². The maximum Gasteiger partial charge on any atom is 0.0717 e. The highest BCUT2D eigenvalue weighted by Gasteiger charge is 2.00. The molecule has 0 radical (unpaired) electrons. The van der Waals surface area contributed by atoms with Crippen molar-refractivity contribution in [2.45, 2.75) is 20.1 Å². The van der Waals surface area contributed by atoms with E-state index in [1.807, 2.05) is 19.2 Å². The molecule has 1 heterocycles. The van der Waals surface area contributed by atoms with Gasteiger partial charge in [-0.3, -0.25) is 4.98 Å². The number of halogens is 2. The molecule has 0 unspecified atom stereocenters. The van der Waals surface area contributed by atoms with Gasteiger partial charge < -0.3 is 10.5 Å². The van der Waals surface area contributed by atoms with Crippen LogP contribution in [0, 0.1) is 6.92 Å². The Hall–Kier alpha value is -0.350. The molecule has 0 aliphatic carbocycles. The molecule has 0 fully saturated rings. The fourth-order valence-corrected chi connectivity index (χ4v) is 1.12. The van der Waals surface area contributed by atoms with Crippen LogP contribution in [0.5, 0.6) is 0 Å². The number of rotatable bonds is 3. The van der Waals surface area contributed by atoms with Crippen molar-refractivity contribution in [3.63, 3.8) is 0 Å². The van der Waals surface area contributed by atoms with Gasteiger partial charge in [-0.2, -0.15) is 0 Å². The summed E-state index contributed by atoms with van der Waals surface area (Å²) in [5.74, 6) is 0. The summed E-state index contributed by atoms with van der Waals surface area (Å²) in [6.45, 7) is 3.08. The van der Waals surface area contributed by atoms with Crippen LogP contribution in [0.3, 0.4) is 0 Å². The normalized spacial score (nSPS) is 8.79. The Balaban J connectivity index is 0. The average molecular weight is 239 g/mol. The number of aryl methyl sites for hydroxylation is 1. The van der Waals surface area contributed by atoms with E-state index in [1.165, 1.54) is 0 Å². The standard InChI is InChI=1S/C9H14N2O.2ClH/c1-7-3-8(6-12-2)9(4-10)5-11-7;;/h3,5H,4,6,10H2,1-2H3;2*1H. The van der Waals surface area contributed by atoms with E-state index in [4.69, 9.17) is 10.5 Å². The van der Waals surface area contributed by atoms with Gasteiger partial charge in [-0.15, -0.1) is 24.8 Å². The van der Waals surface area contributed by atoms with Crippen LogP contribution in [0.15, 0.2) is 12.3 Å². The SMILES string of the molecule is COCc1cc(C)ncc1CN.Cl.Cl. The van der Waals surface area contributed by atoms with Crippen molar-refractivity contribution in [1.82, 2.24) is 4.98 Å². The van der Waals surface area contributed by atoms with Crippen LogP contribution in [0.25, 0.3) is 0 Å². The molecule has 0 aliphatic heterocycles. The Morgan fingerprint density at radius 1 is 1.36 bits per heavy atom. The monoisotopic (exact) mass is 238 g/mol. The van der Waals surface area contributed by atoms with Gasteiger partial charge in [0.2, 0.25) is 0 Å². The van der Waals surface area contributed by atoms with E-state index in [-0.39, 0.29) is 24.8 Å². The van der Waals surface area contributed by atoms with Crippen LogP contribution in [0.1, 0.15) is 16.8 Å². The number of hydrogen-bond acceptors (Lipinski definition) is 3. The lowest BCUT2D eigenvalue weighted by Gasteiger charge is -2.06. The van der Waals surface area contributed by atoms with Crippen LogP contribution in [-0.4, -0.2) is 12.1 Å². The number of ether oxygens (including phenoxy) is 1. The lowest BCUT2D eigenvalue weighted by atomic mass is 10.1. The summed E-state index contributed by atoms with van der Waals surface area (Å²) in [4.78, 5) is 4.16. The number of methoxy groups -OCH3 is 1. The second kappa shape index (κ2) is 8.00. The van der Waals surface area contributed by atoms with E-state index >= 15 is 0 Å². The highest BCUT2D eigenvalue weighted by atomic mass is 35.5. The molecular formula is C9H16Cl2N2O. The fraction of sp³-hybridized carbons (Fsp3) is 0.444. The van der Waals surface area contributed by atoms with E-state index in [2.05, 4.69) is 4.98 Å². The van der Waals surface area contributed by atoms with Gasteiger partial charge >= 0.3 is 0 Å². The first kappa shape index (κ1) is 16.1. The molecule has 2 N–H and O–H groups in total. The molecule has 0 aliphatic rings. The Morgan fingerprint density at radius 2 is 2.00 bits per heavy atom. The lowest BCUT2D eigenvalue weighted by molar-refractivity contribution is 0.184. The zero-order valence-corrected chi connectivity index (χ0v) is 9.95. The Morgan fingerprint density at radius 3 is 2.50 bits per heavy atom. The lowest BCUT2D eigenvalue weighted by Crippen LogP contribution is -2.04. The summed E-state index contributed by atoms with van der Waals surface area (Å²) in [5.41, 5.74) is 8.72. The number of nitrogens with zero attached hydrogens (tertiary/aromatic N) is 1. The van der Waals surface area contributed by atoms with E-state index in [9.17, 15) is 0 Å². The smallest absolute Gasteiger partial charge is 0.0717 e. The summed E-state index contributed by atoms with van der Waals surface area (Å²) in [5, 5.41) is 0. The topological polar surface area (TPSA) is 48.1 Å². The first-order chi connectivity index (χ1) is 5.77. The fourth-order valence-electron chi connectivity index (χ4n) is 1.12. The van der Waals surface area contributed by atoms with Crippen molar-refractivity contribution in [1.29, 1.82) is 0 Å². The van der Waals surface area contributed by atoms with Gasteiger partial charge in [-0.25, -0.2) is 0 Å². The van der Waals surface area contributed by atoms with Crippen LogP contribution < -0.4 is 5.73 Å². The molecule has 0 aromatic carbocycles. The first-order valence-electron chi connectivity index (χ1n) is 3.91. The summed E-state index contributed by atoms with van der Waals surface area (Å²) in [7, 11) is 1.68. The molecule has 0 amide bonds. The Bertz CT molecular complexity index is 269. The largest absolute Gasteiger partial charge is 0.380 e. The van der Waals surface area contributed by atoms with Gasteiger partial charge in [0.1, 0.15) is 0 Å².